The van der Waals surface area contributed by atoms with Crippen molar-refractivity contribution in [1.82, 2.24) is 5.32 Å². The summed E-state index contributed by atoms with van der Waals surface area (Å²) in [7, 11) is 0. The van der Waals surface area contributed by atoms with Crippen LogP contribution >= 0.6 is 0 Å². The van der Waals surface area contributed by atoms with E-state index in [0.29, 0.717) is 5.69 Å². The first-order valence-corrected chi connectivity index (χ1v) is 13.4. The summed E-state index contributed by atoms with van der Waals surface area (Å²) in [6, 6.07) is 14.6. The Morgan fingerprint density at radius 3 is 2.11 bits per heavy atom. The summed E-state index contributed by atoms with van der Waals surface area (Å²) in [4.78, 5) is 39.2. The highest BCUT2D eigenvalue weighted by Gasteiger charge is 2.43. The van der Waals surface area contributed by atoms with Crippen molar-refractivity contribution in [2.75, 3.05) is 10.6 Å². The van der Waals surface area contributed by atoms with E-state index < -0.39 is 23.4 Å². The fourth-order valence-corrected chi connectivity index (χ4v) is 5.57. The molecular weight excluding hydrogens is 478 g/mol. The van der Waals surface area contributed by atoms with Crippen molar-refractivity contribution in [3.05, 3.63) is 70.8 Å². The zero-order valence-electron chi connectivity index (χ0n) is 22.6. The summed E-state index contributed by atoms with van der Waals surface area (Å²) in [6.45, 7) is 7.59. The zero-order valence-corrected chi connectivity index (χ0v) is 22.6. The summed E-state index contributed by atoms with van der Waals surface area (Å²) in [6.07, 6.45) is 5.39. The predicted molar refractivity (Wildman–Crippen MR) is 152 cm³/mol. The molecule has 0 saturated heterocycles. The number of urea groups is 1. The summed E-state index contributed by atoms with van der Waals surface area (Å²) in [5.41, 5.74) is 2.96. The fourth-order valence-electron chi connectivity index (χ4n) is 5.57. The highest BCUT2D eigenvalue weighted by molar-refractivity contribution is 6.10. The third-order valence-electron chi connectivity index (χ3n) is 7.86. The highest BCUT2D eigenvalue weighted by Crippen LogP contribution is 2.34. The van der Waals surface area contributed by atoms with Crippen LogP contribution in [0.2, 0.25) is 0 Å². The van der Waals surface area contributed by atoms with Gasteiger partial charge in [0.2, 0.25) is 0 Å². The number of anilines is 2. The maximum Gasteiger partial charge on any atom is 0.329 e. The van der Waals surface area contributed by atoms with Crippen molar-refractivity contribution in [3.63, 3.8) is 0 Å². The van der Waals surface area contributed by atoms with Crippen molar-refractivity contribution in [2.24, 2.45) is 5.92 Å². The largest absolute Gasteiger partial charge is 0.480 e. The Bertz CT molecular complexity index is 1350. The number of carboxylic acids is 1. The zero-order chi connectivity index (χ0) is 27.4. The molecule has 38 heavy (non-hydrogen) atoms. The van der Waals surface area contributed by atoms with Crippen LogP contribution in [-0.2, 0) is 11.2 Å². The standard InChI is InChI=1S/C31H37N3O4/c1-5-21-15-19(2)27(20(3)16-21)33-30(38)32-26-18-23-12-10-9-11-22(23)17-25(26)28(35)34-31(4,29(36)37)24-13-7-6-8-14-24/h9-12,15-18,24H,5-8,13-14H2,1-4H3,(H,34,35)(H,36,37)(H2,32,33,38)/t31-/m0/s1. The molecule has 3 amide bonds. The maximum absolute atomic E-state index is 13.6. The van der Waals surface area contributed by atoms with Gasteiger partial charge in [-0.15, -0.1) is 0 Å². The summed E-state index contributed by atoms with van der Waals surface area (Å²) in [5, 5.41) is 20.4. The van der Waals surface area contributed by atoms with Gasteiger partial charge in [-0.1, -0.05) is 62.6 Å². The third-order valence-corrected chi connectivity index (χ3v) is 7.86. The van der Waals surface area contributed by atoms with Gasteiger partial charge in [-0.25, -0.2) is 9.59 Å². The van der Waals surface area contributed by atoms with Crippen LogP contribution in [-0.4, -0.2) is 28.6 Å². The minimum absolute atomic E-state index is 0.157. The van der Waals surface area contributed by atoms with Gasteiger partial charge in [0, 0.05) is 5.69 Å². The van der Waals surface area contributed by atoms with Gasteiger partial charge in [-0.3, -0.25) is 4.79 Å². The number of hydrogen-bond donors (Lipinski definition) is 4. The molecule has 0 radical (unpaired) electrons. The number of carboxylic acid groups (broad SMARTS) is 1. The lowest BCUT2D eigenvalue weighted by atomic mass is 9.75. The Labute approximate surface area is 224 Å². The van der Waals surface area contributed by atoms with E-state index in [2.05, 4.69) is 35.0 Å². The smallest absolute Gasteiger partial charge is 0.329 e. The fraction of sp³-hybridized carbons (Fsp3) is 0.387. The number of hydrogen-bond acceptors (Lipinski definition) is 3. The van der Waals surface area contributed by atoms with E-state index in [1.54, 1.807) is 19.1 Å². The minimum Gasteiger partial charge on any atom is -0.480 e. The van der Waals surface area contributed by atoms with Crippen molar-refractivity contribution >= 4 is 40.1 Å². The molecule has 1 aliphatic carbocycles. The number of benzene rings is 3. The molecule has 4 rings (SSSR count). The van der Waals surface area contributed by atoms with Crippen molar-refractivity contribution in [3.8, 4) is 0 Å². The van der Waals surface area contributed by atoms with Crippen LogP contribution in [0.25, 0.3) is 10.8 Å². The van der Waals surface area contributed by atoms with E-state index in [1.165, 1.54) is 5.56 Å². The molecule has 1 atom stereocenters. The van der Waals surface area contributed by atoms with Crippen molar-refractivity contribution in [1.29, 1.82) is 0 Å². The van der Waals surface area contributed by atoms with Gasteiger partial charge in [0.15, 0.2) is 0 Å². The molecule has 1 aliphatic rings. The van der Waals surface area contributed by atoms with Gasteiger partial charge >= 0.3 is 12.0 Å². The molecule has 0 unspecified atom stereocenters. The second-order valence-electron chi connectivity index (χ2n) is 10.6. The number of carbonyl (C=O) groups is 3. The Balaban J connectivity index is 1.65. The number of rotatable bonds is 7. The Morgan fingerprint density at radius 2 is 1.53 bits per heavy atom. The predicted octanol–water partition coefficient (Wildman–Crippen LogP) is 6.82. The van der Waals surface area contributed by atoms with Gasteiger partial charge in [-0.2, -0.15) is 0 Å². The third kappa shape index (κ3) is 5.67. The average molecular weight is 516 g/mol. The molecule has 0 heterocycles. The Hall–Kier alpha value is -3.87. The summed E-state index contributed by atoms with van der Waals surface area (Å²) in [5.74, 6) is -1.73. The SMILES string of the molecule is CCc1cc(C)c(NC(=O)Nc2cc3ccccc3cc2C(=O)N[C@](C)(C(=O)O)C2CCCCC2)c(C)c1. The molecule has 3 aromatic rings. The number of nitrogens with one attached hydrogen (secondary N) is 3. The molecule has 3 aromatic carbocycles. The number of carbonyl (C=O) groups excluding carboxylic acids is 2. The van der Waals surface area contributed by atoms with E-state index in [1.807, 2.05) is 38.1 Å². The summed E-state index contributed by atoms with van der Waals surface area (Å²) >= 11 is 0. The van der Waals surface area contributed by atoms with E-state index >= 15 is 0 Å². The van der Waals surface area contributed by atoms with Crippen LogP contribution in [0.4, 0.5) is 16.2 Å². The van der Waals surface area contributed by atoms with Gasteiger partial charge in [0.25, 0.3) is 5.91 Å². The molecule has 7 heteroatoms. The molecule has 1 saturated carbocycles. The second-order valence-corrected chi connectivity index (χ2v) is 10.6. The van der Waals surface area contributed by atoms with E-state index in [4.69, 9.17) is 0 Å². The van der Waals surface area contributed by atoms with Crippen molar-refractivity contribution in [2.45, 2.75) is 71.8 Å². The first-order chi connectivity index (χ1) is 18.1. The minimum atomic E-state index is -1.40. The molecular formula is C31H37N3O4. The van der Waals surface area contributed by atoms with Crippen LogP contribution in [0.3, 0.4) is 0 Å². The first kappa shape index (κ1) is 27.2. The Kier molecular flexibility index (Phi) is 8.05. The molecule has 7 nitrogen and oxygen atoms in total. The van der Waals surface area contributed by atoms with Gasteiger partial charge in [0.05, 0.1) is 11.3 Å². The number of aliphatic carboxylic acids is 1. The topological polar surface area (TPSA) is 108 Å². The van der Waals surface area contributed by atoms with E-state index in [9.17, 15) is 19.5 Å². The molecule has 200 valence electrons. The lowest BCUT2D eigenvalue weighted by Gasteiger charge is -2.37. The number of aryl methyl sites for hydroxylation is 3. The monoisotopic (exact) mass is 515 g/mol. The van der Waals surface area contributed by atoms with Crippen LogP contribution < -0.4 is 16.0 Å². The molecule has 4 N–H and O–H groups in total. The number of amides is 3. The van der Waals surface area contributed by atoms with Crippen LogP contribution in [0.1, 0.15) is 73.0 Å². The lowest BCUT2D eigenvalue weighted by molar-refractivity contribution is -0.146. The second kappa shape index (κ2) is 11.3. The van der Waals surface area contributed by atoms with Gasteiger partial charge < -0.3 is 21.1 Å². The van der Waals surface area contributed by atoms with E-state index in [-0.39, 0.29) is 11.5 Å². The van der Waals surface area contributed by atoms with E-state index in [0.717, 1.165) is 66.1 Å². The number of fused-ring (bicyclic) bond motifs is 1. The van der Waals surface area contributed by atoms with Crippen molar-refractivity contribution < 1.29 is 19.5 Å². The van der Waals surface area contributed by atoms with Crippen LogP contribution in [0.15, 0.2) is 48.5 Å². The average Bonchev–Trinajstić information content (AvgIpc) is 2.90. The molecule has 1 fully saturated rings. The maximum atomic E-state index is 13.6. The normalized spacial score (nSPS) is 15.5. The van der Waals surface area contributed by atoms with Gasteiger partial charge in [-0.05, 0) is 85.5 Å². The molecule has 0 bridgehead atoms. The lowest BCUT2D eigenvalue weighted by Crippen LogP contribution is -2.57. The van der Waals surface area contributed by atoms with Gasteiger partial charge in [0.1, 0.15) is 5.54 Å². The molecule has 0 aliphatic heterocycles. The van der Waals surface area contributed by atoms with Crippen LogP contribution in [0, 0.1) is 19.8 Å². The quantitative estimate of drug-likeness (QED) is 0.277. The van der Waals surface area contributed by atoms with Crippen LogP contribution in [0.5, 0.6) is 0 Å². The highest BCUT2D eigenvalue weighted by atomic mass is 16.4. The Morgan fingerprint density at radius 1 is 0.921 bits per heavy atom. The summed E-state index contributed by atoms with van der Waals surface area (Å²) < 4.78 is 0. The molecule has 0 spiro atoms. The first-order valence-electron chi connectivity index (χ1n) is 13.4. The molecule has 0 aromatic heterocycles.